The zero-order valence-corrected chi connectivity index (χ0v) is 15.8. The van der Waals surface area contributed by atoms with Crippen molar-refractivity contribution in [2.24, 2.45) is 0 Å². The van der Waals surface area contributed by atoms with E-state index in [1.54, 1.807) is 32.0 Å². The van der Waals surface area contributed by atoms with Crippen molar-refractivity contribution >= 4 is 17.6 Å². The number of aryl methyl sites for hydroxylation is 2. The third kappa shape index (κ3) is 4.67. The standard InChI is InChI=1S/C22H25NO4/c1-3-26-22(25)19-9-6-10-20(15(19)2)23-21(24)14-27-18-12-11-16-7-4-5-8-17(16)13-18/h6,9-13H,3-5,7-8,14H2,1-2H3,(H,23,24). The Hall–Kier alpha value is -2.82. The lowest BCUT2D eigenvalue weighted by atomic mass is 9.92. The first-order valence-corrected chi connectivity index (χ1v) is 9.39. The number of carbonyl (C=O) groups is 2. The van der Waals surface area contributed by atoms with E-state index in [0.29, 0.717) is 29.2 Å². The topological polar surface area (TPSA) is 64.6 Å². The Bertz CT molecular complexity index is 844. The number of carbonyl (C=O) groups excluding carboxylic acids is 2. The van der Waals surface area contributed by atoms with Crippen LogP contribution in [0, 0.1) is 6.92 Å². The minimum atomic E-state index is -0.392. The second-order valence-electron chi connectivity index (χ2n) is 6.67. The first-order chi connectivity index (χ1) is 13.1. The monoisotopic (exact) mass is 367 g/mol. The van der Waals surface area contributed by atoms with Crippen LogP contribution in [0.5, 0.6) is 5.75 Å². The molecule has 0 fully saturated rings. The molecule has 0 aromatic heterocycles. The molecule has 5 nitrogen and oxygen atoms in total. The maximum atomic E-state index is 12.3. The molecule has 0 atom stereocenters. The molecule has 0 spiro atoms. The summed E-state index contributed by atoms with van der Waals surface area (Å²) in [6, 6.07) is 11.2. The highest BCUT2D eigenvalue weighted by atomic mass is 16.5. The molecule has 0 saturated carbocycles. The maximum Gasteiger partial charge on any atom is 0.338 e. The summed E-state index contributed by atoms with van der Waals surface area (Å²) in [5.74, 6) is 0.0519. The molecular weight excluding hydrogens is 342 g/mol. The van der Waals surface area contributed by atoms with Crippen LogP contribution in [0.2, 0.25) is 0 Å². The van der Waals surface area contributed by atoms with Gasteiger partial charge in [0.1, 0.15) is 5.75 Å². The van der Waals surface area contributed by atoms with Crippen LogP contribution in [0.25, 0.3) is 0 Å². The average Bonchev–Trinajstić information content (AvgIpc) is 2.68. The van der Waals surface area contributed by atoms with E-state index in [1.165, 1.54) is 24.0 Å². The second kappa shape index (κ2) is 8.71. The van der Waals surface area contributed by atoms with Crippen LogP contribution in [-0.4, -0.2) is 25.1 Å². The fourth-order valence-electron chi connectivity index (χ4n) is 3.34. The second-order valence-corrected chi connectivity index (χ2v) is 6.67. The minimum Gasteiger partial charge on any atom is -0.484 e. The van der Waals surface area contributed by atoms with Gasteiger partial charge in [-0.25, -0.2) is 4.79 Å². The van der Waals surface area contributed by atoms with Gasteiger partial charge >= 0.3 is 5.97 Å². The molecule has 2 aromatic carbocycles. The molecule has 0 unspecified atom stereocenters. The van der Waals surface area contributed by atoms with Crippen LogP contribution in [0.1, 0.15) is 46.8 Å². The first-order valence-electron chi connectivity index (χ1n) is 9.39. The van der Waals surface area contributed by atoms with Crippen molar-refractivity contribution in [2.45, 2.75) is 39.5 Å². The highest BCUT2D eigenvalue weighted by Gasteiger charge is 2.15. The number of hydrogen-bond acceptors (Lipinski definition) is 4. The summed E-state index contributed by atoms with van der Waals surface area (Å²) in [4.78, 5) is 24.3. The Morgan fingerprint density at radius 1 is 1.07 bits per heavy atom. The number of hydrogen-bond donors (Lipinski definition) is 1. The maximum absolute atomic E-state index is 12.3. The van der Waals surface area contributed by atoms with E-state index in [1.807, 2.05) is 12.1 Å². The quantitative estimate of drug-likeness (QED) is 0.782. The molecular formula is C22H25NO4. The largest absolute Gasteiger partial charge is 0.484 e. The van der Waals surface area contributed by atoms with Crippen molar-refractivity contribution < 1.29 is 19.1 Å². The summed E-state index contributed by atoms with van der Waals surface area (Å²) < 4.78 is 10.7. The fourth-order valence-corrected chi connectivity index (χ4v) is 3.34. The summed E-state index contributed by atoms with van der Waals surface area (Å²) in [5.41, 5.74) is 4.41. The molecule has 1 N–H and O–H groups in total. The van der Waals surface area contributed by atoms with Crippen LogP contribution in [-0.2, 0) is 22.4 Å². The lowest BCUT2D eigenvalue weighted by Gasteiger charge is -2.17. The lowest BCUT2D eigenvalue weighted by Crippen LogP contribution is -2.21. The molecule has 1 aliphatic carbocycles. The molecule has 1 amide bonds. The highest BCUT2D eigenvalue weighted by molar-refractivity contribution is 5.97. The molecule has 0 bridgehead atoms. The Morgan fingerprint density at radius 2 is 1.85 bits per heavy atom. The molecule has 0 radical (unpaired) electrons. The molecule has 142 valence electrons. The van der Waals surface area contributed by atoms with E-state index in [-0.39, 0.29) is 12.5 Å². The fraction of sp³-hybridized carbons (Fsp3) is 0.364. The number of fused-ring (bicyclic) bond motifs is 1. The van der Waals surface area contributed by atoms with Crippen LogP contribution >= 0.6 is 0 Å². The SMILES string of the molecule is CCOC(=O)c1cccc(NC(=O)COc2ccc3c(c2)CCCC3)c1C. The normalized spacial score (nSPS) is 12.8. The summed E-state index contributed by atoms with van der Waals surface area (Å²) >= 11 is 0. The summed E-state index contributed by atoms with van der Waals surface area (Å²) in [7, 11) is 0. The molecule has 0 heterocycles. The zero-order valence-electron chi connectivity index (χ0n) is 15.8. The smallest absolute Gasteiger partial charge is 0.338 e. The minimum absolute atomic E-state index is 0.0815. The van der Waals surface area contributed by atoms with E-state index < -0.39 is 5.97 Å². The molecule has 27 heavy (non-hydrogen) atoms. The summed E-state index contributed by atoms with van der Waals surface area (Å²) in [6.45, 7) is 3.77. The van der Waals surface area contributed by atoms with Crippen LogP contribution < -0.4 is 10.1 Å². The van der Waals surface area contributed by atoms with Crippen molar-refractivity contribution in [3.8, 4) is 5.75 Å². The van der Waals surface area contributed by atoms with E-state index in [0.717, 1.165) is 12.8 Å². The van der Waals surface area contributed by atoms with Gasteiger partial charge in [-0.1, -0.05) is 12.1 Å². The number of anilines is 1. The van der Waals surface area contributed by atoms with Gasteiger partial charge in [0.2, 0.25) is 0 Å². The van der Waals surface area contributed by atoms with Crippen molar-refractivity contribution in [2.75, 3.05) is 18.5 Å². The van der Waals surface area contributed by atoms with Gasteiger partial charge in [0.05, 0.1) is 12.2 Å². The third-order valence-electron chi connectivity index (χ3n) is 4.79. The third-order valence-corrected chi connectivity index (χ3v) is 4.79. The van der Waals surface area contributed by atoms with Gasteiger partial charge < -0.3 is 14.8 Å². The van der Waals surface area contributed by atoms with Gasteiger partial charge in [-0.2, -0.15) is 0 Å². The van der Waals surface area contributed by atoms with Crippen molar-refractivity contribution in [3.05, 3.63) is 58.7 Å². The van der Waals surface area contributed by atoms with E-state index in [4.69, 9.17) is 9.47 Å². The summed E-state index contributed by atoms with van der Waals surface area (Å²) in [6.07, 6.45) is 4.62. The Labute approximate surface area is 159 Å². The Balaban J connectivity index is 1.61. The van der Waals surface area contributed by atoms with Gasteiger partial charge in [-0.05, 0) is 80.5 Å². The number of amides is 1. The molecule has 2 aromatic rings. The molecule has 3 rings (SSSR count). The number of esters is 1. The van der Waals surface area contributed by atoms with Crippen molar-refractivity contribution in [1.82, 2.24) is 0 Å². The zero-order chi connectivity index (χ0) is 19.2. The van der Waals surface area contributed by atoms with Crippen LogP contribution in [0.4, 0.5) is 5.69 Å². The number of rotatable bonds is 6. The number of nitrogens with one attached hydrogen (secondary N) is 1. The van der Waals surface area contributed by atoms with Gasteiger partial charge in [-0.15, -0.1) is 0 Å². The average molecular weight is 367 g/mol. The summed E-state index contributed by atoms with van der Waals surface area (Å²) in [5, 5.41) is 2.81. The van der Waals surface area contributed by atoms with Crippen LogP contribution in [0.15, 0.2) is 36.4 Å². The first kappa shape index (κ1) is 19.0. The number of ether oxygens (including phenoxy) is 2. The van der Waals surface area contributed by atoms with Gasteiger partial charge in [0.25, 0.3) is 5.91 Å². The predicted molar refractivity (Wildman–Crippen MR) is 104 cm³/mol. The highest BCUT2D eigenvalue weighted by Crippen LogP contribution is 2.25. The van der Waals surface area contributed by atoms with E-state index in [9.17, 15) is 9.59 Å². The Morgan fingerprint density at radius 3 is 2.63 bits per heavy atom. The van der Waals surface area contributed by atoms with E-state index in [2.05, 4.69) is 11.4 Å². The molecule has 0 aliphatic heterocycles. The van der Waals surface area contributed by atoms with Crippen LogP contribution in [0.3, 0.4) is 0 Å². The molecule has 1 aliphatic rings. The van der Waals surface area contributed by atoms with E-state index >= 15 is 0 Å². The predicted octanol–water partition coefficient (Wildman–Crippen LogP) is 4.07. The number of benzene rings is 2. The van der Waals surface area contributed by atoms with Crippen molar-refractivity contribution in [3.63, 3.8) is 0 Å². The van der Waals surface area contributed by atoms with Gasteiger partial charge in [0, 0.05) is 5.69 Å². The van der Waals surface area contributed by atoms with Gasteiger partial charge in [0.15, 0.2) is 6.61 Å². The lowest BCUT2D eigenvalue weighted by molar-refractivity contribution is -0.118. The Kier molecular flexibility index (Phi) is 6.12. The van der Waals surface area contributed by atoms with Crippen molar-refractivity contribution in [1.29, 1.82) is 0 Å². The molecule has 0 saturated heterocycles. The molecule has 5 heteroatoms. The van der Waals surface area contributed by atoms with Gasteiger partial charge in [-0.3, -0.25) is 4.79 Å².